The van der Waals surface area contributed by atoms with Gasteiger partial charge < -0.3 is 47.3 Å². The average Bonchev–Trinajstić information content (AvgIpc) is 3.21. The molecule has 0 aliphatic carbocycles. The van der Waals surface area contributed by atoms with E-state index >= 15 is 0 Å². The summed E-state index contributed by atoms with van der Waals surface area (Å²) in [5, 5.41) is 5.55. The van der Waals surface area contributed by atoms with Gasteiger partial charge in [-0.2, -0.15) is 0 Å². The molecule has 2 aromatic carbocycles. The van der Waals surface area contributed by atoms with Crippen molar-refractivity contribution in [1.29, 1.82) is 0 Å². The number of rotatable bonds is 40. The largest absolute Gasteiger partial charge is 0.756 e. The monoisotopic (exact) mass is 826 g/mol. The van der Waals surface area contributed by atoms with E-state index in [9.17, 15) is 9.46 Å². The molecule has 3 unspecified atom stereocenters. The molecule has 0 fully saturated rings. The van der Waals surface area contributed by atoms with Gasteiger partial charge in [-0.1, -0.05) is 122 Å². The topological polar surface area (TPSA) is 129 Å². The van der Waals surface area contributed by atoms with Gasteiger partial charge >= 0.3 is 0 Å². The Kier molecular flexibility index (Phi) is 30.8. The minimum absolute atomic E-state index is 0.0147. The normalized spacial score (nSPS) is 14.0. The van der Waals surface area contributed by atoms with Crippen molar-refractivity contribution in [3.05, 3.63) is 42.0 Å². The van der Waals surface area contributed by atoms with Crippen molar-refractivity contribution in [1.82, 2.24) is 10.2 Å². The first kappa shape index (κ1) is 51.5. The summed E-state index contributed by atoms with van der Waals surface area (Å²) in [6.45, 7) is 9.62. The van der Waals surface area contributed by atoms with Gasteiger partial charge in [0.2, 0.25) is 0 Å². The Morgan fingerprint density at radius 1 is 0.702 bits per heavy atom. The standard InChI is InChI=1S/C44H79N2O10P/c1-6-8-9-10-11-12-13-14-15-16-17-18-19-20-21-29-50-37-52-34-44(35-56-57(47,48)55-31-28-46(4)7-2)54-38-51-30-22-27-45-36-53-39(3)40-23-24-42-33-43(49-5)26-25-41(42)32-40/h23-26,32-33,39,44-45H,6-22,27-31,34-38H2,1-5H3,(H,47,48)/p-1. The Labute approximate surface area is 345 Å². The lowest BCUT2D eigenvalue weighted by Gasteiger charge is -2.26. The fourth-order valence-corrected chi connectivity index (χ4v) is 6.90. The molecule has 330 valence electrons. The summed E-state index contributed by atoms with van der Waals surface area (Å²) in [5.74, 6) is 0.839. The predicted octanol–water partition coefficient (Wildman–Crippen LogP) is 9.54. The van der Waals surface area contributed by atoms with Crippen molar-refractivity contribution in [2.24, 2.45) is 0 Å². The average molecular weight is 826 g/mol. The smallest absolute Gasteiger partial charge is 0.268 e. The number of benzene rings is 2. The van der Waals surface area contributed by atoms with E-state index in [2.05, 4.69) is 36.5 Å². The summed E-state index contributed by atoms with van der Waals surface area (Å²) < 4.78 is 56.6. The van der Waals surface area contributed by atoms with E-state index < -0.39 is 13.9 Å². The maximum Gasteiger partial charge on any atom is 0.268 e. The molecule has 0 aromatic heterocycles. The molecule has 2 aromatic rings. The Morgan fingerprint density at radius 2 is 1.32 bits per heavy atom. The number of ether oxygens (including phenoxy) is 6. The summed E-state index contributed by atoms with van der Waals surface area (Å²) in [6.07, 6.45) is 19.8. The van der Waals surface area contributed by atoms with Gasteiger partial charge in [-0.3, -0.25) is 9.88 Å². The van der Waals surface area contributed by atoms with Crippen LogP contribution in [0.2, 0.25) is 0 Å². The third kappa shape index (κ3) is 26.9. The first-order valence-corrected chi connectivity index (χ1v) is 23.3. The molecule has 57 heavy (non-hydrogen) atoms. The minimum atomic E-state index is -4.50. The van der Waals surface area contributed by atoms with Gasteiger partial charge in [0.25, 0.3) is 7.82 Å². The number of nitrogens with zero attached hydrogens (tertiary/aromatic N) is 1. The van der Waals surface area contributed by atoms with Crippen LogP contribution in [0.5, 0.6) is 5.75 Å². The van der Waals surface area contributed by atoms with Crippen LogP contribution in [-0.4, -0.2) is 98.1 Å². The lowest BCUT2D eigenvalue weighted by molar-refractivity contribution is -0.230. The quantitative estimate of drug-likeness (QED) is 0.0390. The molecule has 0 heterocycles. The van der Waals surface area contributed by atoms with Crippen LogP contribution < -0.4 is 14.9 Å². The molecule has 0 radical (unpaired) electrons. The number of fused-ring (bicyclic) bond motifs is 1. The Hall–Kier alpha value is -1.67. The third-order valence-electron chi connectivity index (χ3n) is 10.0. The lowest BCUT2D eigenvalue weighted by atomic mass is 10.0. The number of phosphoric acid groups is 1. The number of nitrogens with one attached hydrogen (secondary N) is 1. The molecule has 0 saturated heterocycles. The highest BCUT2D eigenvalue weighted by Crippen LogP contribution is 2.38. The summed E-state index contributed by atoms with van der Waals surface area (Å²) >= 11 is 0. The van der Waals surface area contributed by atoms with Crippen LogP contribution in [0.1, 0.15) is 135 Å². The van der Waals surface area contributed by atoms with Crippen molar-refractivity contribution in [2.45, 2.75) is 136 Å². The Balaban J connectivity index is 1.56. The molecule has 0 aliphatic rings. The second-order valence-corrected chi connectivity index (χ2v) is 16.3. The highest BCUT2D eigenvalue weighted by atomic mass is 31.2. The third-order valence-corrected chi connectivity index (χ3v) is 11.0. The van der Waals surface area contributed by atoms with Crippen molar-refractivity contribution in [3.8, 4) is 5.75 Å². The van der Waals surface area contributed by atoms with E-state index in [1.54, 1.807) is 7.11 Å². The van der Waals surface area contributed by atoms with Crippen molar-refractivity contribution in [2.75, 3.05) is 87.1 Å². The molecule has 0 bridgehead atoms. The number of hydrogen-bond donors (Lipinski definition) is 1. The van der Waals surface area contributed by atoms with Crippen LogP contribution in [0.4, 0.5) is 0 Å². The van der Waals surface area contributed by atoms with Gasteiger partial charge in [0, 0.05) is 13.2 Å². The van der Waals surface area contributed by atoms with Crippen LogP contribution in [0.3, 0.4) is 0 Å². The van der Waals surface area contributed by atoms with Gasteiger partial charge in [0.05, 0.1) is 46.4 Å². The van der Waals surface area contributed by atoms with Crippen molar-refractivity contribution in [3.63, 3.8) is 0 Å². The Morgan fingerprint density at radius 3 is 1.98 bits per heavy atom. The molecule has 0 spiro atoms. The molecule has 13 heteroatoms. The number of phosphoric ester groups is 1. The second-order valence-electron chi connectivity index (χ2n) is 14.9. The number of unbranched alkanes of at least 4 members (excludes halogenated alkanes) is 14. The number of hydrogen-bond acceptors (Lipinski definition) is 12. The zero-order valence-corrected chi connectivity index (χ0v) is 37.1. The zero-order chi connectivity index (χ0) is 41.2. The van der Waals surface area contributed by atoms with Crippen molar-refractivity contribution >= 4 is 18.6 Å². The first-order valence-electron chi connectivity index (χ1n) is 21.8. The highest BCUT2D eigenvalue weighted by Gasteiger charge is 2.17. The summed E-state index contributed by atoms with van der Waals surface area (Å²) in [4.78, 5) is 14.3. The molecule has 1 N–H and O–H groups in total. The number of methoxy groups -OCH3 is 1. The summed E-state index contributed by atoms with van der Waals surface area (Å²) in [5.41, 5.74) is 1.10. The maximum atomic E-state index is 12.3. The zero-order valence-electron chi connectivity index (χ0n) is 36.2. The van der Waals surface area contributed by atoms with Gasteiger partial charge in [-0.25, -0.2) is 0 Å². The van der Waals surface area contributed by atoms with Gasteiger partial charge in [0.15, 0.2) is 0 Å². The Bertz CT molecular complexity index is 1290. The van der Waals surface area contributed by atoms with E-state index in [-0.39, 0.29) is 39.5 Å². The predicted molar refractivity (Wildman–Crippen MR) is 228 cm³/mol. The van der Waals surface area contributed by atoms with Crippen LogP contribution in [0.25, 0.3) is 10.8 Å². The molecule has 0 amide bonds. The molecular weight excluding hydrogens is 747 g/mol. The van der Waals surface area contributed by atoms with Crippen LogP contribution in [0.15, 0.2) is 36.4 Å². The highest BCUT2D eigenvalue weighted by molar-refractivity contribution is 7.45. The minimum Gasteiger partial charge on any atom is -0.756 e. The van der Waals surface area contributed by atoms with Crippen LogP contribution >= 0.6 is 7.82 Å². The van der Waals surface area contributed by atoms with Gasteiger partial charge in [-0.05, 0) is 74.4 Å². The van der Waals surface area contributed by atoms with Gasteiger partial charge in [0.1, 0.15) is 25.4 Å². The number of likely N-dealkylation sites (N-methyl/N-ethyl adjacent to an activating group) is 1. The summed E-state index contributed by atoms with van der Waals surface area (Å²) in [7, 11) is -0.945. The molecule has 3 atom stereocenters. The molecule has 0 aliphatic heterocycles. The summed E-state index contributed by atoms with van der Waals surface area (Å²) in [6, 6.07) is 12.3. The van der Waals surface area contributed by atoms with Crippen molar-refractivity contribution < 1.29 is 46.9 Å². The fourth-order valence-electron chi connectivity index (χ4n) is 6.17. The first-order chi connectivity index (χ1) is 27.8. The van der Waals surface area contributed by atoms with E-state index in [4.69, 9.17) is 37.5 Å². The van der Waals surface area contributed by atoms with E-state index in [1.165, 1.54) is 83.5 Å². The second kappa shape index (κ2) is 34.1. The fraction of sp³-hybridized carbons (Fsp3) is 0.773. The lowest BCUT2D eigenvalue weighted by Crippen LogP contribution is -2.29. The molecular formula is C44H78N2O10P-. The molecule has 2 rings (SSSR count). The van der Waals surface area contributed by atoms with E-state index in [1.807, 2.05) is 37.9 Å². The van der Waals surface area contributed by atoms with E-state index in [0.29, 0.717) is 33.0 Å². The van der Waals surface area contributed by atoms with Gasteiger partial charge in [-0.15, -0.1) is 0 Å². The van der Waals surface area contributed by atoms with E-state index in [0.717, 1.165) is 47.9 Å². The molecule has 0 saturated carbocycles. The van der Waals surface area contributed by atoms with Crippen LogP contribution in [0, 0.1) is 0 Å². The SMILES string of the molecule is CCCCCCCCCCCCCCCCCOCOCC(COP(=O)([O-])OCCN(C)CC)OCOCCCNCOC(C)c1ccc2cc(OC)ccc2c1. The molecule has 12 nitrogen and oxygen atoms in total. The van der Waals surface area contributed by atoms with Crippen LogP contribution in [-0.2, 0) is 37.3 Å². The maximum absolute atomic E-state index is 12.3.